The summed E-state index contributed by atoms with van der Waals surface area (Å²) in [5.74, 6) is 0.715. The molecule has 0 bridgehead atoms. The maximum atomic E-state index is 12.6. The van der Waals surface area contributed by atoms with Gasteiger partial charge in [0.25, 0.3) is 5.60 Å². The average molecular weight is 314 g/mol. The first kappa shape index (κ1) is 16.9. The fraction of sp³-hybridized carbons (Fsp3) is 0.333. The van der Waals surface area contributed by atoms with E-state index in [1.54, 1.807) is 51.1 Å². The molecule has 1 aliphatic rings. The van der Waals surface area contributed by atoms with Crippen LogP contribution in [0.1, 0.15) is 31.9 Å². The molecule has 1 aromatic rings. The average Bonchev–Trinajstić information content (AvgIpc) is 2.51. The summed E-state index contributed by atoms with van der Waals surface area (Å²) in [5, 5.41) is 0. The maximum Gasteiger partial charge on any atom is 0.355 e. The predicted molar refractivity (Wildman–Crippen MR) is 83.9 cm³/mol. The molecule has 0 amide bonds. The van der Waals surface area contributed by atoms with Crippen molar-refractivity contribution in [2.75, 3.05) is 6.61 Å². The summed E-state index contributed by atoms with van der Waals surface area (Å²) in [5.41, 5.74) is -1.72. The summed E-state index contributed by atoms with van der Waals surface area (Å²) >= 11 is 0. The first-order chi connectivity index (χ1) is 10.8. The number of fused-ring (bicyclic) bond motifs is 1. The van der Waals surface area contributed by atoms with Crippen molar-refractivity contribution < 1.29 is 24.1 Å². The van der Waals surface area contributed by atoms with Crippen LogP contribution >= 0.6 is 0 Å². The minimum atomic E-state index is -2.02. The second-order valence-corrected chi connectivity index (χ2v) is 6.03. The minimum absolute atomic E-state index is 0.265. The van der Waals surface area contributed by atoms with Gasteiger partial charge in [0.15, 0.2) is 6.61 Å². The highest BCUT2D eigenvalue weighted by molar-refractivity contribution is 6.16. The zero-order valence-corrected chi connectivity index (χ0v) is 13.3. The second-order valence-electron chi connectivity index (χ2n) is 6.03. The highest BCUT2D eigenvalue weighted by Crippen LogP contribution is 2.37. The van der Waals surface area contributed by atoms with Gasteiger partial charge in [-0.2, -0.15) is 0 Å². The topological polar surface area (TPSA) is 61.8 Å². The lowest BCUT2D eigenvalue weighted by Gasteiger charge is -2.33. The fourth-order valence-corrected chi connectivity index (χ4v) is 2.11. The molecular weight excluding hydrogens is 296 g/mol. The van der Waals surface area contributed by atoms with Crippen LogP contribution in [0.15, 0.2) is 30.3 Å². The molecule has 0 aromatic heterocycles. The first-order valence-electron chi connectivity index (χ1n) is 7.11. The monoisotopic (exact) mass is 314 g/mol. The van der Waals surface area contributed by atoms with E-state index in [9.17, 15) is 9.59 Å². The van der Waals surface area contributed by atoms with E-state index in [1.165, 1.54) is 6.08 Å². The zero-order chi connectivity index (χ0) is 17.1. The lowest BCUT2D eigenvalue weighted by molar-refractivity contribution is -0.390. The van der Waals surface area contributed by atoms with Crippen LogP contribution in [0.5, 0.6) is 0 Å². The van der Waals surface area contributed by atoms with Gasteiger partial charge in [-0.3, -0.25) is 4.79 Å². The standard InChI is InChI=1S/C18H18O5/c1-5-12-21-16(20)18(23-22-17(2,3)4)14-9-7-6-8-13(14)10-11-15(18)19/h1,6-11H,12H2,2-4H3. The van der Waals surface area contributed by atoms with E-state index in [4.69, 9.17) is 20.9 Å². The number of ketones is 1. The van der Waals surface area contributed by atoms with Gasteiger partial charge in [-0.05, 0) is 32.4 Å². The molecule has 0 saturated carbocycles. The Bertz CT molecular complexity index is 690. The molecule has 0 radical (unpaired) electrons. The molecule has 0 N–H and O–H groups in total. The van der Waals surface area contributed by atoms with Crippen molar-refractivity contribution in [2.45, 2.75) is 32.0 Å². The van der Waals surface area contributed by atoms with Gasteiger partial charge < -0.3 is 4.74 Å². The number of rotatable bonds is 4. The van der Waals surface area contributed by atoms with Crippen LogP contribution in [0.25, 0.3) is 6.08 Å². The number of hydrogen-bond acceptors (Lipinski definition) is 5. The van der Waals surface area contributed by atoms with Crippen molar-refractivity contribution in [2.24, 2.45) is 0 Å². The first-order valence-corrected chi connectivity index (χ1v) is 7.11. The molecule has 0 spiro atoms. The molecule has 0 saturated heterocycles. The number of ether oxygens (including phenoxy) is 1. The molecule has 5 nitrogen and oxygen atoms in total. The Labute approximate surface area is 135 Å². The van der Waals surface area contributed by atoms with Crippen molar-refractivity contribution in [3.63, 3.8) is 0 Å². The van der Waals surface area contributed by atoms with Crippen LogP contribution in [0, 0.1) is 12.3 Å². The number of hydrogen-bond donors (Lipinski definition) is 0. The lowest BCUT2D eigenvalue weighted by atomic mass is 9.82. The largest absolute Gasteiger partial charge is 0.450 e. The third-order valence-corrected chi connectivity index (χ3v) is 3.09. The Kier molecular flexibility index (Phi) is 4.69. The molecule has 120 valence electrons. The third kappa shape index (κ3) is 3.34. The second kappa shape index (κ2) is 6.37. The summed E-state index contributed by atoms with van der Waals surface area (Å²) in [6, 6.07) is 6.89. The van der Waals surface area contributed by atoms with Crippen LogP contribution in [-0.4, -0.2) is 24.0 Å². The van der Waals surface area contributed by atoms with E-state index in [2.05, 4.69) is 5.92 Å². The van der Waals surface area contributed by atoms with Gasteiger partial charge in [0.05, 0.1) is 5.60 Å². The summed E-state index contributed by atoms with van der Waals surface area (Å²) < 4.78 is 4.99. The van der Waals surface area contributed by atoms with Crippen LogP contribution in [0.2, 0.25) is 0 Å². The van der Waals surface area contributed by atoms with Crippen molar-refractivity contribution in [3.8, 4) is 12.3 Å². The number of benzene rings is 1. The summed E-state index contributed by atoms with van der Waals surface area (Å²) in [7, 11) is 0. The lowest BCUT2D eigenvalue weighted by Crippen LogP contribution is -2.49. The molecule has 0 heterocycles. The highest BCUT2D eigenvalue weighted by Gasteiger charge is 2.54. The highest BCUT2D eigenvalue weighted by atomic mass is 17.2. The van der Waals surface area contributed by atoms with Crippen molar-refractivity contribution >= 4 is 17.8 Å². The fourth-order valence-electron chi connectivity index (χ4n) is 2.11. The quantitative estimate of drug-likeness (QED) is 0.281. The Morgan fingerprint density at radius 1 is 1.26 bits per heavy atom. The molecule has 1 atom stereocenters. The molecular formula is C18H18O5. The SMILES string of the molecule is C#CCOC(=O)C1(OOC(C)(C)C)C(=O)C=Cc2ccccc21. The maximum absolute atomic E-state index is 12.6. The van der Waals surface area contributed by atoms with Gasteiger partial charge in [0.1, 0.15) is 0 Å². The summed E-state index contributed by atoms with van der Waals surface area (Å²) in [6.07, 6.45) is 8.01. The minimum Gasteiger partial charge on any atom is -0.450 e. The number of esters is 1. The molecule has 5 heteroatoms. The molecule has 23 heavy (non-hydrogen) atoms. The number of terminal acetylenes is 1. The molecule has 1 aromatic carbocycles. The zero-order valence-electron chi connectivity index (χ0n) is 13.3. The van der Waals surface area contributed by atoms with Gasteiger partial charge >= 0.3 is 5.97 Å². The number of carbonyl (C=O) groups is 2. The normalized spacial score (nSPS) is 19.8. The van der Waals surface area contributed by atoms with E-state index in [1.807, 2.05) is 0 Å². The third-order valence-electron chi connectivity index (χ3n) is 3.09. The number of carbonyl (C=O) groups excluding carboxylic acids is 2. The summed E-state index contributed by atoms with van der Waals surface area (Å²) in [6.45, 7) is 4.95. The van der Waals surface area contributed by atoms with Crippen molar-refractivity contribution in [3.05, 3.63) is 41.5 Å². The molecule has 1 aliphatic carbocycles. The molecule has 1 unspecified atom stereocenters. The van der Waals surface area contributed by atoms with Gasteiger partial charge in [-0.1, -0.05) is 36.3 Å². The van der Waals surface area contributed by atoms with E-state index in [0.29, 0.717) is 11.1 Å². The molecule has 0 aliphatic heterocycles. The van der Waals surface area contributed by atoms with Gasteiger partial charge in [0, 0.05) is 5.56 Å². The Morgan fingerprint density at radius 3 is 2.61 bits per heavy atom. The van der Waals surface area contributed by atoms with Crippen LogP contribution in [0.4, 0.5) is 0 Å². The van der Waals surface area contributed by atoms with Crippen molar-refractivity contribution in [1.29, 1.82) is 0 Å². The predicted octanol–water partition coefficient (Wildman–Crippen LogP) is 2.40. The Hall–Kier alpha value is -2.42. The van der Waals surface area contributed by atoms with Gasteiger partial charge in [-0.25, -0.2) is 14.6 Å². The van der Waals surface area contributed by atoms with E-state index in [-0.39, 0.29) is 6.61 Å². The van der Waals surface area contributed by atoms with Gasteiger partial charge in [0.2, 0.25) is 5.78 Å². The summed E-state index contributed by atoms with van der Waals surface area (Å²) in [4.78, 5) is 35.8. The van der Waals surface area contributed by atoms with E-state index in [0.717, 1.165) is 0 Å². The smallest absolute Gasteiger partial charge is 0.355 e. The van der Waals surface area contributed by atoms with Crippen LogP contribution < -0.4 is 0 Å². The Balaban J connectivity index is 2.52. The molecule has 0 fully saturated rings. The van der Waals surface area contributed by atoms with E-state index < -0.39 is 23.0 Å². The van der Waals surface area contributed by atoms with Crippen LogP contribution in [-0.2, 0) is 29.7 Å². The van der Waals surface area contributed by atoms with Crippen LogP contribution in [0.3, 0.4) is 0 Å². The molecule has 2 rings (SSSR count). The van der Waals surface area contributed by atoms with E-state index >= 15 is 0 Å². The Morgan fingerprint density at radius 2 is 1.96 bits per heavy atom. The van der Waals surface area contributed by atoms with Crippen molar-refractivity contribution in [1.82, 2.24) is 0 Å². The van der Waals surface area contributed by atoms with Gasteiger partial charge in [-0.15, -0.1) is 6.42 Å².